The molecular formula is C24H29ClN2O4. The Morgan fingerprint density at radius 1 is 1.26 bits per heavy atom. The number of amides is 1. The number of carbonyl (C=O) groups is 1. The minimum atomic E-state index is -0.125. The van der Waals surface area contributed by atoms with E-state index in [4.69, 9.17) is 25.8 Å². The summed E-state index contributed by atoms with van der Waals surface area (Å²) in [5, 5.41) is 3.63. The molecule has 31 heavy (non-hydrogen) atoms. The number of benzene rings is 2. The van der Waals surface area contributed by atoms with Gasteiger partial charge < -0.3 is 24.4 Å². The second-order valence-electron chi connectivity index (χ2n) is 8.30. The van der Waals surface area contributed by atoms with E-state index in [1.54, 1.807) is 14.2 Å². The van der Waals surface area contributed by atoms with E-state index in [-0.39, 0.29) is 17.9 Å². The molecule has 2 atom stereocenters. The van der Waals surface area contributed by atoms with Gasteiger partial charge in [-0.2, -0.15) is 0 Å². The topological polar surface area (TPSA) is 60.0 Å². The van der Waals surface area contributed by atoms with Crippen LogP contribution < -0.4 is 19.5 Å². The minimum Gasteiger partial charge on any atom is -0.497 e. The molecule has 2 heterocycles. The molecule has 0 radical (unpaired) electrons. The van der Waals surface area contributed by atoms with Gasteiger partial charge in [0, 0.05) is 24.1 Å². The van der Waals surface area contributed by atoms with Gasteiger partial charge in [0.2, 0.25) is 5.91 Å². The lowest BCUT2D eigenvalue weighted by Gasteiger charge is -2.29. The third-order valence-corrected chi connectivity index (χ3v) is 6.35. The fourth-order valence-corrected chi connectivity index (χ4v) is 4.72. The zero-order valence-corrected chi connectivity index (χ0v) is 19.0. The highest BCUT2D eigenvalue weighted by molar-refractivity contribution is 6.32. The number of hydrogen-bond donors (Lipinski definition) is 1. The average Bonchev–Trinajstić information content (AvgIpc) is 3.20. The lowest BCUT2D eigenvalue weighted by atomic mass is 9.97. The number of nitrogens with zero attached hydrogens (tertiary/aromatic N) is 1. The van der Waals surface area contributed by atoms with Crippen molar-refractivity contribution in [3.8, 4) is 28.4 Å². The molecule has 2 aliphatic rings. The van der Waals surface area contributed by atoms with Crippen LogP contribution in [0.1, 0.15) is 18.4 Å². The normalized spacial score (nSPS) is 20.6. The Labute approximate surface area is 188 Å². The summed E-state index contributed by atoms with van der Waals surface area (Å²) in [6, 6.07) is 9.65. The van der Waals surface area contributed by atoms with Gasteiger partial charge in [0.25, 0.3) is 0 Å². The second kappa shape index (κ2) is 9.37. The molecule has 1 saturated heterocycles. The van der Waals surface area contributed by atoms with Crippen LogP contribution in [0, 0.1) is 5.92 Å². The number of hydrogen-bond acceptors (Lipinski definition) is 5. The van der Waals surface area contributed by atoms with Crippen LogP contribution in [0.15, 0.2) is 30.3 Å². The van der Waals surface area contributed by atoms with Gasteiger partial charge in [-0.25, -0.2) is 0 Å². The van der Waals surface area contributed by atoms with Gasteiger partial charge in [-0.15, -0.1) is 0 Å². The molecule has 1 N–H and O–H groups in total. The summed E-state index contributed by atoms with van der Waals surface area (Å²) in [4.78, 5) is 14.8. The Kier molecular flexibility index (Phi) is 6.58. The largest absolute Gasteiger partial charge is 0.497 e. The van der Waals surface area contributed by atoms with Gasteiger partial charge in [0.05, 0.1) is 31.7 Å². The lowest BCUT2D eigenvalue weighted by Crippen LogP contribution is -2.44. The standard InChI is InChI=1S/C24H29ClN2O4/c1-27-8-4-5-15(14-27)24(28)26-13-19-10-17-9-16(11-21(25)23(17)31-19)20-12-18(29-2)6-7-22(20)30-3/h6-7,9,11-12,15,19H,4-5,8,10,13-14H2,1-3H3,(H,26,28)/t15-,19+/m1/s1. The molecule has 0 aromatic heterocycles. The molecule has 166 valence electrons. The Morgan fingerprint density at radius 2 is 2.10 bits per heavy atom. The monoisotopic (exact) mass is 444 g/mol. The average molecular weight is 445 g/mol. The summed E-state index contributed by atoms with van der Waals surface area (Å²) in [5.74, 6) is 2.36. The van der Waals surface area contributed by atoms with Crippen LogP contribution in [0.2, 0.25) is 5.02 Å². The first kappa shape index (κ1) is 21.8. The Morgan fingerprint density at radius 3 is 2.84 bits per heavy atom. The van der Waals surface area contributed by atoms with E-state index in [2.05, 4.69) is 23.3 Å². The fourth-order valence-electron chi connectivity index (χ4n) is 4.44. The molecule has 1 amide bonds. The Hall–Kier alpha value is -2.44. The van der Waals surface area contributed by atoms with Crippen LogP contribution in [0.3, 0.4) is 0 Å². The predicted molar refractivity (Wildman–Crippen MR) is 121 cm³/mol. The third kappa shape index (κ3) is 4.75. The zero-order chi connectivity index (χ0) is 22.0. The van der Waals surface area contributed by atoms with Crippen LogP contribution in [-0.4, -0.2) is 57.8 Å². The molecule has 2 aliphatic heterocycles. The maximum Gasteiger partial charge on any atom is 0.224 e. The highest BCUT2D eigenvalue weighted by atomic mass is 35.5. The molecule has 0 bridgehead atoms. The van der Waals surface area contributed by atoms with Crippen molar-refractivity contribution >= 4 is 17.5 Å². The minimum absolute atomic E-state index is 0.0539. The highest BCUT2D eigenvalue weighted by Crippen LogP contribution is 2.42. The van der Waals surface area contributed by atoms with Crippen molar-refractivity contribution in [1.29, 1.82) is 0 Å². The van der Waals surface area contributed by atoms with Crippen LogP contribution in [0.4, 0.5) is 0 Å². The number of carbonyl (C=O) groups excluding carboxylic acids is 1. The predicted octanol–water partition coefficient (Wildman–Crippen LogP) is 3.79. The molecule has 2 aromatic carbocycles. The third-order valence-electron chi connectivity index (χ3n) is 6.07. The van der Waals surface area contributed by atoms with E-state index in [1.807, 2.05) is 24.3 Å². The number of ether oxygens (including phenoxy) is 3. The molecule has 6 nitrogen and oxygen atoms in total. The van der Waals surface area contributed by atoms with E-state index in [0.29, 0.717) is 23.7 Å². The molecule has 0 spiro atoms. The summed E-state index contributed by atoms with van der Waals surface area (Å²) in [7, 11) is 5.35. The van der Waals surface area contributed by atoms with Gasteiger partial charge in [0.1, 0.15) is 23.4 Å². The summed E-state index contributed by atoms with van der Waals surface area (Å²) < 4.78 is 17.0. The second-order valence-corrected chi connectivity index (χ2v) is 8.71. The fraction of sp³-hybridized carbons (Fsp3) is 0.458. The van der Waals surface area contributed by atoms with Crippen LogP contribution >= 0.6 is 11.6 Å². The van der Waals surface area contributed by atoms with Crippen molar-refractivity contribution < 1.29 is 19.0 Å². The number of rotatable bonds is 6. The van der Waals surface area contributed by atoms with E-state index in [9.17, 15) is 4.79 Å². The smallest absolute Gasteiger partial charge is 0.224 e. The molecule has 2 aromatic rings. The number of halogens is 1. The number of methoxy groups -OCH3 is 2. The Bertz CT molecular complexity index is 965. The maximum absolute atomic E-state index is 12.6. The van der Waals surface area contributed by atoms with Gasteiger partial charge in [0.15, 0.2) is 0 Å². The number of piperidine rings is 1. The first-order valence-corrected chi connectivity index (χ1v) is 11.0. The molecule has 1 fully saturated rings. The number of fused-ring (bicyclic) bond motifs is 1. The van der Waals surface area contributed by atoms with Gasteiger partial charge >= 0.3 is 0 Å². The molecule has 7 heteroatoms. The van der Waals surface area contributed by atoms with Gasteiger partial charge in [-0.3, -0.25) is 4.79 Å². The van der Waals surface area contributed by atoms with Gasteiger partial charge in [-0.1, -0.05) is 11.6 Å². The first-order valence-electron chi connectivity index (χ1n) is 10.7. The van der Waals surface area contributed by atoms with Crippen molar-refractivity contribution in [3.05, 3.63) is 40.9 Å². The molecule has 0 unspecified atom stereocenters. The summed E-state index contributed by atoms with van der Waals surface area (Å²) in [5.41, 5.74) is 2.88. The maximum atomic E-state index is 12.6. The zero-order valence-electron chi connectivity index (χ0n) is 18.2. The molecule has 4 rings (SSSR count). The van der Waals surface area contributed by atoms with Gasteiger partial charge in [-0.05, 0) is 62.3 Å². The number of likely N-dealkylation sites (tertiary alicyclic amines) is 1. The summed E-state index contributed by atoms with van der Waals surface area (Å²) in [6.07, 6.45) is 2.58. The number of nitrogens with one attached hydrogen (secondary N) is 1. The van der Waals surface area contributed by atoms with E-state index in [1.165, 1.54) is 0 Å². The van der Waals surface area contributed by atoms with Crippen LogP contribution in [0.5, 0.6) is 17.2 Å². The summed E-state index contributed by atoms with van der Waals surface area (Å²) >= 11 is 6.57. The van der Waals surface area contributed by atoms with Crippen molar-refractivity contribution in [1.82, 2.24) is 10.2 Å². The first-order chi connectivity index (χ1) is 15.0. The van der Waals surface area contributed by atoms with Crippen molar-refractivity contribution in [2.24, 2.45) is 5.92 Å². The highest BCUT2D eigenvalue weighted by Gasteiger charge is 2.29. The van der Waals surface area contributed by atoms with Crippen molar-refractivity contribution in [2.45, 2.75) is 25.4 Å². The van der Waals surface area contributed by atoms with Crippen molar-refractivity contribution in [2.75, 3.05) is 40.9 Å². The lowest BCUT2D eigenvalue weighted by molar-refractivity contribution is -0.126. The molecule has 0 saturated carbocycles. The summed E-state index contributed by atoms with van der Waals surface area (Å²) in [6.45, 7) is 2.35. The SMILES string of the molecule is COc1ccc(OC)c(-c2cc(Cl)c3c(c2)C[C@@H](CNC(=O)[C@@H]2CCCN(C)C2)O3)c1. The quantitative estimate of drug-likeness (QED) is 0.734. The van der Waals surface area contributed by atoms with E-state index in [0.717, 1.165) is 54.1 Å². The molecular weight excluding hydrogens is 416 g/mol. The Balaban J connectivity index is 1.46. The molecule has 0 aliphatic carbocycles. The van der Waals surface area contributed by atoms with Crippen molar-refractivity contribution in [3.63, 3.8) is 0 Å². The van der Waals surface area contributed by atoms with Crippen LogP contribution in [0.25, 0.3) is 11.1 Å². The van der Waals surface area contributed by atoms with Crippen LogP contribution in [-0.2, 0) is 11.2 Å². The van der Waals surface area contributed by atoms with E-state index < -0.39 is 0 Å². The van der Waals surface area contributed by atoms with E-state index >= 15 is 0 Å².